The van der Waals surface area contributed by atoms with Crippen molar-refractivity contribution in [3.8, 4) is 0 Å². The molecule has 2 aliphatic rings. The lowest BCUT2D eigenvalue weighted by Crippen LogP contribution is -2.60. The Labute approximate surface area is 98.4 Å². The van der Waals surface area contributed by atoms with Crippen LogP contribution in [-0.4, -0.2) is 29.5 Å². The summed E-state index contributed by atoms with van der Waals surface area (Å²) in [7, 11) is 0. The Hall–Kier alpha value is -0.120. The van der Waals surface area contributed by atoms with Crippen LogP contribution in [0.4, 0.5) is 0 Å². The summed E-state index contributed by atoms with van der Waals surface area (Å²) >= 11 is 0. The third kappa shape index (κ3) is 1.38. The van der Waals surface area contributed by atoms with Crippen molar-refractivity contribution in [3.63, 3.8) is 0 Å². The molecule has 2 aliphatic heterocycles. The fraction of sp³-hybridized carbons (Fsp3) is 1.00. The SMILES string of the molecule is CCC(O)(C(C)C)C1(CN)CC2CCC1O2. The van der Waals surface area contributed by atoms with Crippen molar-refractivity contribution in [2.24, 2.45) is 17.1 Å². The summed E-state index contributed by atoms with van der Waals surface area (Å²) in [5.74, 6) is 0.226. The minimum atomic E-state index is -0.679. The lowest BCUT2D eigenvalue weighted by molar-refractivity contribution is -0.142. The van der Waals surface area contributed by atoms with E-state index in [-0.39, 0.29) is 17.4 Å². The molecular formula is C13H25NO2. The first kappa shape index (κ1) is 12.3. The van der Waals surface area contributed by atoms with Gasteiger partial charge >= 0.3 is 0 Å². The summed E-state index contributed by atoms with van der Waals surface area (Å²) in [5, 5.41) is 11.0. The van der Waals surface area contributed by atoms with Gasteiger partial charge in [0.05, 0.1) is 17.8 Å². The van der Waals surface area contributed by atoms with Gasteiger partial charge in [0, 0.05) is 12.0 Å². The van der Waals surface area contributed by atoms with E-state index in [4.69, 9.17) is 10.5 Å². The van der Waals surface area contributed by atoms with E-state index in [0.717, 1.165) is 25.7 Å². The summed E-state index contributed by atoms with van der Waals surface area (Å²) in [4.78, 5) is 0. The first-order valence-corrected chi connectivity index (χ1v) is 6.58. The highest BCUT2D eigenvalue weighted by Crippen LogP contribution is 2.56. The predicted molar refractivity (Wildman–Crippen MR) is 64.1 cm³/mol. The Morgan fingerprint density at radius 3 is 2.50 bits per heavy atom. The molecule has 0 aliphatic carbocycles. The van der Waals surface area contributed by atoms with Crippen molar-refractivity contribution in [2.75, 3.05) is 6.54 Å². The molecule has 4 unspecified atom stereocenters. The predicted octanol–water partition coefficient (Wildman–Crippen LogP) is 1.68. The number of hydrogen-bond donors (Lipinski definition) is 2. The molecule has 0 aromatic rings. The number of rotatable bonds is 4. The smallest absolute Gasteiger partial charge is 0.0761 e. The van der Waals surface area contributed by atoms with Gasteiger partial charge in [-0.1, -0.05) is 20.8 Å². The molecule has 94 valence electrons. The molecule has 3 heteroatoms. The third-order valence-electron chi connectivity index (χ3n) is 5.04. The standard InChI is InChI=1S/C13H25NO2/c1-4-13(15,9(2)3)12(8-14)7-10-5-6-11(12)16-10/h9-11,15H,4-8,14H2,1-3H3. The van der Waals surface area contributed by atoms with Crippen LogP contribution >= 0.6 is 0 Å². The van der Waals surface area contributed by atoms with E-state index in [0.29, 0.717) is 12.6 Å². The molecule has 0 spiro atoms. The normalized spacial score (nSPS) is 41.6. The fourth-order valence-electron chi connectivity index (χ4n) is 3.98. The summed E-state index contributed by atoms with van der Waals surface area (Å²) < 4.78 is 5.94. The van der Waals surface area contributed by atoms with Gasteiger partial charge in [-0.25, -0.2) is 0 Å². The highest BCUT2D eigenvalue weighted by atomic mass is 16.5. The molecule has 3 N–H and O–H groups in total. The number of aliphatic hydroxyl groups is 1. The van der Waals surface area contributed by atoms with Gasteiger partial charge in [0.15, 0.2) is 0 Å². The monoisotopic (exact) mass is 227 g/mol. The van der Waals surface area contributed by atoms with Gasteiger partial charge in [0.25, 0.3) is 0 Å². The van der Waals surface area contributed by atoms with Crippen molar-refractivity contribution in [1.29, 1.82) is 0 Å². The zero-order valence-electron chi connectivity index (χ0n) is 10.7. The van der Waals surface area contributed by atoms with Gasteiger partial charge in [-0.15, -0.1) is 0 Å². The van der Waals surface area contributed by atoms with Crippen LogP contribution in [-0.2, 0) is 4.74 Å². The molecule has 0 radical (unpaired) electrons. The molecule has 3 nitrogen and oxygen atoms in total. The summed E-state index contributed by atoms with van der Waals surface area (Å²) in [5.41, 5.74) is 5.13. The molecule has 2 heterocycles. The molecule has 0 amide bonds. The Morgan fingerprint density at radius 2 is 2.19 bits per heavy atom. The Bertz CT molecular complexity index is 269. The topological polar surface area (TPSA) is 55.5 Å². The van der Waals surface area contributed by atoms with E-state index in [1.807, 2.05) is 0 Å². The van der Waals surface area contributed by atoms with E-state index in [1.54, 1.807) is 0 Å². The number of nitrogens with two attached hydrogens (primary N) is 1. The zero-order chi connectivity index (χ0) is 12.0. The lowest BCUT2D eigenvalue weighted by atomic mass is 9.58. The van der Waals surface area contributed by atoms with Gasteiger partial charge < -0.3 is 15.6 Å². The van der Waals surface area contributed by atoms with Gasteiger partial charge in [-0.2, -0.15) is 0 Å². The van der Waals surface area contributed by atoms with Crippen LogP contribution in [0.15, 0.2) is 0 Å². The first-order chi connectivity index (χ1) is 7.50. The van der Waals surface area contributed by atoms with Crippen LogP contribution in [0, 0.1) is 11.3 Å². The van der Waals surface area contributed by atoms with Crippen LogP contribution in [0.3, 0.4) is 0 Å². The zero-order valence-corrected chi connectivity index (χ0v) is 10.7. The van der Waals surface area contributed by atoms with E-state index >= 15 is 0 Å². The van der Waals surface area contributed by atoms with E-state index < -0.39 is 5.60 Å². The van der Waals surface area contributed by atoms with Crippen molar-refractivity contribution >= 4 is 0 Å². The summed E-state index contributed by atoms with van der Waals surface area (Å²) in [6.07, 6.45) is 4.42. The summed E-state index contributed by atoms with van der Waals surface area (Å²) in [6.45, 7) is 6.78. The molecular weight excluding hydrogens is 202 g/mol. The maximum absolute atomic E-state index is 11.0. The molecule has 2 bridgehead atoms. The van der Waals surface area contributed by atoms with E-state index in [1.165, 1.54) is 0 Å². The van der Waals surface area contributed by atoms with Crippen molar-refractivity contribution < 1.29 is 9.84 Å². The van der Waals surface area contributed by atoms with Crippen molar-refractivity contribution in [3.05, 3.63) is 0 Å². The molecule has 2 rings (SSSR count). The average molecular weight is 227 g/mol. The highest BCUT2D eigenvalue weighted by molar-refractivity contribution is 5.12. The van der Waals surface area contributed by atoms with E-state index in [2.05, 4.69) is 20.8 Å². The van der Waals surface area contributed by atoms with Crippen LogP contribution in [0.5, 0.6) is 0 Å². The second kappa shape index (κ2) is 3.97. The molecule has 0 aromatic heterocycles. The second-order valence-electron chi connectivity index (χ2n) is 5.82. The highest BCUT2D eigenvalue weighted by Gasteiger charge is 2.62. The number of hydrogen-bond acceptors (Lipinski definition) is 3. The Morgan fingerprint density at radius 1 is 1.50 bits per heavy atom. The molecule has 16 heavy (non-hydrogen) atoms. The van der Waals surface area contributed by atoms with Crippen LogP contribution in [0.25, 0.3) is 0 Å². The minimum Gasteiger partial charge on any atom is -0.389 e. The average Bonchev–Trinajstić information content (AvgIpc) is 2.87. The van der Waals surface area contributed by atoms with Crippen LogP contribution in [0.1, 0.15) is 46.5 Å². The van der Waals surface area contributed by atoms with Crippen molar-refractivity contribution in [2.45, 2.75) is 64.3 Å². The second-order valence-corrected chi connectivity index (χ2v) is 5.82. The van der Waals surface area contributed by atoms with Crippen LogP contribution < -0.4 is 5.73 Å². The van der Waals surface area contributed by atoms with Gasteiger partial charge in [-0.3, -0.25) is 0 Å². The Balaban J connectivity index is 2.34. The van der Waals surface area contributed by atoms with Gasteiger partial charge in [0.1, 0.15) is 0 Å². The molecule has 0 aromatic carbocycles. The number of fused-ring (bicyclic) bond motifs is 2. The number of ether oxygens (including phenoxy) is 1. The largest absolute Gasteiger partial charge is 0.389 e. The quantitative estimate of drug-likeness (QED) is 0.768. The van der Waals surface area contributed by atoms with Gasteiger partial charge in [0.2, 0.25) is 0 Å². The molecule has 2 fully saturated rings. The maximum Gasteiger partial charge on any atom is 0.0761 e. The molecule has 2 saturated heterocycles. The molecule has 0 saturated carbocycles. The maximum atomic E-state index is 11.0. The molecule has 4 atom stereocenters. The van der Waals surface area contributed by atoms with E-state index in [9.17, 15) is 5.11 Å². The fourth-order valence-corrected chi connectivity index (χ4v) is 3.98. The minimum absolute atomic E-state index is 0.176. The third-order valence-corrected chi connectivity index (χ3v) is 5.04. The van der Waals surface area contributed by atoms with Crippen molar-refractivity contribution in [1.82, 2.24) is 0 Å². The first-order valence-electron chi connectivity index (χ1n) is 6.58. The van der Waals surface area contributed by atoms with Crippen LogP contribution in [0.2, 0.25) is 0 Å². The lowest BCUT2D eigenvalue weighted by Gasteiger charge is -2.50. The van der Waals surface area contributed by atoms with Gasteiger partial charge in [-0.05, 0) is 31.6 Å². The Kier molecular flexibility index (Phi) is 3.06. The summed E-state index contributed by atoms with van der Waals surface area (Å²) in [6, 6.07) is 0.